The van der Waals surface area contributed by atoms with Gasteiger partial charge in [0.05, 0.1) is 21.8 Å². The monoisotopic (exact) mass is 411 g/mol. The summed E-state index contributed by atoms with van der Waals surface area (Å²) < 4.78 is 65.9. The van der Waals surface area contributed by atoms with Gasteiger partial charge < -0.3 is 14.2 Å². The van der Waals surface area contributed by atoms with Gasteiger partial charge in [-0.25, -0.2) is 9.67 Å². The van der Waals surface area contributed by atoms with E-state index in [0.717, 1.165) is 0 Å². The van der Waals surface area contributed by atoms with E-state index in [1.165, 1.54) is 35.5 Å². The number of aromatic nitrogens is 3. The van der Waals surface area contributed by atoms with Crippen LogP contribution in [0.3, 0.4) is 0 Å². The molecule has 1 saturated heterocycles. The molecule has 3 aromatic rings. The van der Waals surface area contributed by atoms with Crippen molar-refractivity contribution in [1.29, 1.82) is 0 Å². The van der Waals surface area contributed by atoms with Gasteiger partial charge in [-0.1, -0.05) is 23.2 Å². The Kier molecular flexibility index (Phi) is 3.42. The molecule has 6 nitrogen and oxygen atoms in total. The molecule has 1 aliphatic heterocycles. The molecule has 0 amide bonds. The topological polar surface area (TPSA) is 58.4 Å². The van der Waals surface area contributed by atoms with Gasteiger partial charge in [0.25, 0.3) is 0 Å². The van der Waals surface area contributed by atoms with Gasteiger partial charge in [0.15, 0.2) is 0 Å². The molecular formula is C19H17Cl2N3O3. The van der Waals surface area contributed by atoms with Crippen LogP contribution in [-0.2, 0) is 21.8 Å². The van der Waals surface area contributed by atoms with Crippen LogP contribution in [-0.4, -0.2) is 27.4 Å². The van der Waals surface area contributed by atoms with E-state index in [1.54, 1.807) is 24.3 Å². The standard InChI is InChI=1S/C19H17Cl2N3O3/c1-13-9-25-19(27-13,10-24-12-22-11-23-24)17-7-6-16(8-18(17)21)26-15-4-2-14(20)3-5-15/h2-8,11-13H,9-10H2,1H3/i1D3,9D2,13D. The fraction of sp³-hybridized carbons (Fsp3) is 0.263. The van der Waals surface area contributed by atoms with Crippen LogP contribution in [0.25, 0.3) is 0 Å². The molecule has 0 spiro atoms. The van der Waals surface area contributed by atoms with Crippen LogP contribution >= 0.6 is 23.2 Å². The Bertz CT molecular complexity index is 1150. The smallest absolute Gasteiger partial charge is 0.217 e. The summed E-state index contributed by atoms with van der Waals surface area (Å²) in [5.41, 5.74) is 0.0883. The lowest BCUT2D eigenvalue weighted by Crippen LogP contribution is -2.34. The lowest BCUT2D eigenvalue weighted by Gasteiger charge is -2.29. The first-order valence-electron chi connectivity index (χ1n) is 10.8. The van der Waals surface area contributed by atoms with E-state index in [2.05, 4.69) is 10.1 Å². The predicted molar refractivity (Wildman–Crippen MR) is 101 cm³/mol. The van der Waals surface area contributed by atoms with Gasteiger partial charge in [-0.2, -0.15) is 5.10 Å². The second kappa shape index (κ2) is 7.48. The third-order valence-electron chi connectivity index (χ3n) is 3.81. The molecule has 2 unspecified atom stereocenters. The molecule has 1 aliphatic rings. The maximum Gasteiger partial charge on any atom is 0.217 e. The number of nitrogens with zero attached hydrogens (tertiary/aromatic N) is 3. The first-order valence-corrected chi connectivity index (χ1v) is 8.57. The fourth-order valence-electron chi connectivity index (χ4n) is 2.63. The molecule has 140 valence electrons. The Morgan fingerprint density at radius 3 is 2.81 bits per heavy atom. The third kappa shape index (κ3) is 3.94. The van der Waals surface area contributed by atoms with E-state index in [-0.39, 0.29) is 17.1 Å². The van der Waals surface area contributed by atoms with E-state index in [1.807, 2.05) is 0 Å². The third-order valence-corrected chi connectivity index (χ3v) is 4.38. The summed E-state index contributed by atoms with van der Waals surface area (Å²) in [4.78, 5) is 3.83. The maximum absolute atomic E-state index is 8.34. The van der Waals surface area contributed by atoms with Gasteiger partial charge in [0, 0.05) is 14.7 Å². The molecule has 8 heteroatoms. The summed E-state index contributed by atoms with van der Waals surface area (Å²) in [6.07, 6.45) is -0.489. The number of hydrogen-bond acceptors (Lipinski definition) is 5. The number of ether oxygens (including phenoxy) is 3. The van der Waals surface area contributed by atoms with E-state index in [0.29, 0.717) is 16.5 Å². The van der Waals surface area contributed by atoms with Crippen LogP contribution in [0, 0.1) is 0 Å². The van der Waals surface area contributed by atoms with Crippen LogP contribution in [0.4, 0.5) is 0 Å². The van der Waals surface area contributed by atoms with Gasteiger partial charge in [-0.3, -0.25) is 0 Å². The van der Waals surface area contributed by atoms with Crippen LogP contribution in [0.1, 0.15) is 20.6 Å². The van der Waals surface area contributed by atoms with Gasteiger partial charge in [0.1, 0.15) is 30.7 Å². The van der Waals surface area contributed by atoms with Crippen molar-refractivity contribution < 1.29 is 22.4 Å². The summed E-state index contributed by atoms with van der Waals surface area (Å²) in [6, 6.07) is 11.1. The summed E-state index contributed by atoms with van der Waals surface area (Å²) in [7, 11) is 0. The average Bonchev–Trinajstić information content (AvgIpc) is 3.28. The quantitative estimate of drug-likeness (QED) is 0.610. The van der Waals surface area contributed by atoms with E-state index >= 15 is 0 Å². The SMILES string of the molecule is [2H]C([2H])([2H])C1([2H])OC(Cn2cncn2)(c2ccc(Oc3ccc(Cl)cc3)cc2Cl)OC1([2H])[2H]. The van der Waals surface area contributed by atoms with Crippen molar-refractivity contribution >= 4 is 23.2 Å². The largest absolute Gasteiger partial charge is 0.457 e. The first-order chi connectivity index (χ1) is 15.4. The molecule has 2 heterocycles. The highest BCUT2D eigenvalue weighted by Gasteiger charge is 2.44. The van der Waals surface area contributed by atoms with Crippen LogP contribution in [0.2, 0.25) is 10.0 Å². The van der Waals surface area contributed by atoms with Crippen molar-refractivity contribution in [3.8, 4) is 11.5 Å². The molecule has 1 fully saturated rings. The van der Waals surface area contributed by atoms with Crippen molar-refractivity contribution in [3.05, 3.63) is 70.7 Å². The fourth-order valence-corrected chi connectivity index (χ4v) is 3.07. The molecule has 27 heavy (non-hydrogen) atoms. The Balaban J connectivity index is 1.75. The van der Waals surface area contributed by atoms with Crippen molar-refractivity contribution in [3.63, 3.8) is 0 Å². The Morgan fingerprint density at radius 2 is 2.15 bits per heavy atom. The number of halogens is 2. The maximum atomic E-state index is 8.34. The number of rotatable bonds is 5. The minimum Gasteiger partial charge on any atom is -0.457 e. The first kappa shape index (κ1) is 12.4. The summed E-state index contributed by atoms with van der Waals surface area (Å²) in [5, 5.41) is 4.54. The van der Waals surface area contributed by atoms with Crippen LogP contribution in [0.5, 0.6) is 11.5 Å². The Labute approximate surface area is 175 Å². The van der Waals surface area contributed by atoms with Crippen molar-refractivity contribution in [1.82, 2.24) is 14.8 Å². The molecule has 0 radical (unpaired) electrons. The second-order valence-electron chi connectivity index (χ2n) is 5.68. The van der Waals surface area contributed by atoms with Gasteiger partial charge >= 0.3 is 0 Å². The minimum absolute atomic E-state index is 0.0344. The molecular weight excluding hydrogens is 389 g/mol. The van der Waals surface area contributed by atoms with Gasteiger partial charge in [0.2, 0.25) is 5.79 Å². The van der Waals surface area contributed by atoms with E-state index in [4.69, 9.17) is 45.6 Å². The van der Waals surface area contributed by atoms with Crippen molar-refractivity contribution in [2.45, 2.75) is 25.3 Å². The average molecular weight is 412 g/mol. The van der Waals surface area contributed by atoms with Crippen LogP contribution in [0.15, 0.2) is 55.1 Å². The number of hydrogen-bond donors (Lipinski definition) is 0. The highest BCUT2D eigenvalue weighted by atomic mass is 35.5. The number of benzene rings is 2. The highest BCUT2D eigenvalue weighted by Crippen LogP contribution is 2.41. The molecule has 0 aliphatic carbocycles. The molecule has 0 saturated carbocycles. The molecule has 1 aromatic heterocycles. The van der Waals surface area contributed by atoms with E-state index in [9.17, 15) is 0 Å². The second-order valence-corrected chi connectivity index (χ2v) is 6.52. The van der Waals surface area contributed by atoms with Gasteiger partial charge in [-0.05, 0) is 49.3 Å². The molecule has 0 bridgehead atoms. The summed E-state index contributed by atoms with van der Waals surface area (Å²) in [6.45, 7) is -6.51. The van der Waals surface area contributed by atoms with E-state index < -0.39 is 25.3 Å². The van der Waals surface area contributed by atoms with Crippen molar-refractivity contribution in [2.75, 3.05) is 6.56 Å². The van der Waals surface area contributed by atoms with Crippen molar-refractivity contribution in [2.24, 2.45) is 0 Å². The minimum atomic E-state index is -3.18. The zero-order chi connectivity index (χ0) is 24.1. The summed E-state index contributed by atoms with van der Waals surface area (Å²) >= 11 is 12.4. The normalized spacial score (nSPS) is 30.4. The molecule has 0 N–H and O–H groups in total. The Hall–Kier alpha value is -2.12. The lowest BCUT2D eigenvalue weighted by atomic mass is 10.1. The lowest BCUT2D eigenvalue weighted by molar-refractivity contribution is -0.186. The van der Waals surface area contributed by atoms with Gasteiger partial charge in [-0.15, -0.1) is 0 Å². The Morgan fingerprint density at radius 1 is 1.33 bits per heavy atom. The van der Waals surface area contributed by atoms with Crippen LogP contribution < -0.4 is 4.74 Å². The highest BCUT2D eigenvalue weighted by molar-refractivity contribution is 6.31. The zero-order valence-corrected chi connectivity index (χ0v) is 15.2. The molecule has 2 aromatic carbocycles. The predicted octanol–water partition coefficient (Wildman–Crippen LogP) is 4.67. The zero-order valence-electron chi connectivity index (χ0n) is 19.7. The molecule has 4 rings (SSSR count). The molecule has 2 atom stereocenters. The summed E-state index contributed by atoms with van der Waals surface area (Å²) in [5.74, 6) is -1.25.